The van der Waals surface area contributed by atoms with Crippen LogP contribution in [-0.4, -0.2) is 27.0 Å². The van der Waals surface area contributed by atoms with Crippen LogP contribution in [0.1, 0.15) is 20.7 Å². The molecule has 0 saturated heterocycles. The van der Waals surface area contributed by atoms with Crippen LogP contribution in [0.25, 0.3) is 10.8 Å². The lowest BCUT2D eigenvalue weighted by atomic mass is 10.1. The van der Waals surface area contributed by atoms with Crippen molar-refractivity contribution in [3.63, 3.8) is 0 Å². The summed E-state index contributed by atoms with van der Waals surface area (Å²) < 4.78 is 0. The molecule has 10 heteroatoms. The maximum atomic E-state index is 12.3. The lowest BCUT2D eigenvalue weighted by Gasteiger charge is -2.12. The van der Waals surface area contributed by atoms with E-state index in [1.807, 2.05) is 12.1 Å². The zero-order valence-corrected chi connectivity index (χ0v) is 15.5. The highest BCUT2D eigenvalue weighted by Crippen LogP contribution is 2.24. The van der Waals surface area contributed by atoms with Crippen molar-refractivity contribution in [1.29, 1.82) is 0 Å². The van der Waals surface area contributed by atoms with Crippen molar-refractivity contribution < 1.29 is 19.6 Å². The van der Waals surface area contributed by atoms with Gasteiger partial charge in [-0.3, -0.25) is 35.9 Å². The molecule has 0 atom stereocenters. The van der Waals surface area contributed by atoms with Gasteiger partial charge in [0.15, 0.2) is 5.11 Å². The second-order valence-corrected chi connectivity index (χ2v) is 6.29. The molecule has 0 saturated carbocycles. The van der Waals surface area contributed by atoms with E-state index in [1.54, 1.807) is 12.1 Å². The van der Waals surface area contributed by atoms with Crippen molar-refractivity contribution in [2.24, 2.45) is 0 Å². The van der Waals surface area contributed by atoms with Crippen LogP contribution in [0.3, 0.4) is 0 Å². The summed E-state index contributed by atoms with van der Waals surface area (Å²) in [6, 6.07) is 15.2. The third-order valence-corrected chi connectivity index (χ3v) is 4.17. The number of carbonyl (C=O) groups excluding carboxylic acids is 2. The number of nitrogens with one attached hydrogen (secondary N) is 3. The maximum absolute atomic E-state index is 12.3. The van der Waals surface area contributed by atoms with E-state index in [1.165, 1.54) is 36.4 Å². The van der Waals surface area contributed by atoms with Crippen LogP contribution in [0, 0.1) is 10.1 Å². The standard InChI is InChI=1S/C19H14N4O5S/c24-16-10-13-4-2-1-3-12(13)9-15(16)18(26)21-22-19(29)20-17(25)11-5-7-14(8-6-11)23(27)28/h1-10,24H,(H,21,26)(H2,20,22,25,29). The summed E-state index contributed by atoms with van der Waals surface area (Å²) in [6.07, 6.45) is 0. The van der Waals surface area contributed by atoms with E-state index < -0.39 is 16.7 Å². The molecule has 3 aromatic rings. The highest BCUT2D eigenvalue weighted by molar-refractivity contribution is 7.80. The van der Waals surface area contributed by atoms with Crippen molar-refractivity contribution in [3.05, 3.63) is 81.9 Å². The quantitative estimate of drug-likeness (QED) is 0.296. The fourth-order valence-electron chi connectivity index (χ4n) is 2.53. The number of nitrogens with zero attached hydrogens (tertiary/aromatic N) is 1. The molecule has 4 N–H and O–H groups in total. The highest BCUT2D eigenvalue weighted by Gasteiger charge is 2.14. The number of hydrogen-bond donors (Lipinski definition) is 4. The first-order valence-electron chi connectivity index (χ1n) is 8.23. The van der Waals surface area contributed by atoms with E-state index >= 15 is 0 Å². The normalized spacial score (nSPS) is 10.2. The molecule has 0 unspecified atom stereocenters. The first kappa shape index (κ1) is 19.7. The number of amides is 2. The molecule has 2 amide bonds. The molecule has 29 heavy (non-hydrogen) atoms. The number of hydrazine groups is 1. The lowest BCUT2D eigenvalue weighted by Crippen LogP contribution is -2.48. The minimum absolute atomic E-state index is 0.0284. The summed E-state index contributed by atoms with van der Waals surface area (Å²) in [5.41, 5.74) is 4.69. The van der Waals surface area contributed by atoms with E-state index in [0.29, 0.717) is 0 Å². The maximum Gasteiger partial charge on any atom is 0.273 e. The molecule has 0 aliphatic rings. The number of aromatic hydroxyl groups is 1. The monoisotopic (exact) mass is 410 g/mol. The first-order chi connectivity index (χ1) is 13.8. The van der Waals surface area contributed by atoms with Gasteiger partial charge in [-0.15, -0.1) is 0 Å². The molecule has 0 aliphatic heterocycles. The molecule has 0 radical (unpaired) electrons. The van der Waals surface area contributed by atoms with Crippen LogP contribution < -0.4 is 16.2 Å². The Labute approximate surface area is 169 Å². The van der Waals surface area contributed by atoms with Crippen LogP contribution in [0.2, 0.25) is 0 Å². The van der Waals surface area contributed by atoms with Crippen molar-refractivity contribution in [1.82, 2.24) is 16.2 Å². The first-order valence-corrected chi connectivity index (χ1v) is 8.64. The molecule has 9 nitrogen and oxygen atoms in total. The molecule has 0 aromatic heterocycles. The Bertz CT molecular complexity index is 1130. The number of benzene rings is 3. The topological polar surface area (TPSA) is 134 Å². The second-order valence-electron chi connectivity index (χ2n) is 5.88. The van der Waals surface area contributed by atoms with E-state index in [-0.39, 0.29) is 27.7 Å². The average Bonchev–Trinajstić information content (AvgIpc) is 2.71. The van der Waals surface area contributed by atoms with Gasteiger partial charge in [0, 0.05) is 17.7 Å². The Morgan fingerprint density at radius 2 is 1.55 bits per heavy atom. The van der Waals surface area contributed by atoms with Gasteiger partial charge in [-0.25, -0.2) is 0 Å². The summed E-state index contributed by atoms with van der Waals surface area (Å²) >= 11 is 4.95. The van der Waals surface area contributed by atoms with Crippen LogP contribution in [-0.2, 0) is 0 Å². The summed E-state index contributed by atoms with van der Waals surface area (Å²) in [7, 11) is 0. The molecule has 0 fully saturated rings. The lowest BCUT2D eigenvalue weighted by molar-refractivity contribution is -0.384. The van der Waals surface area contributed by atoms with E-state index in [0.717, 1.165) is 10.8 Å². The van der Waals surface area contributed by atoms with Gasteiger partial charge in [-0.1, -0.05) is 24.3 Å². The summed E-state index contributed by atoms with van der Waals surface area (Å²) in [4.78, 5) is 34.5. The molecule has 3 rings (SSSR count). The Hall–Kier alpha value is -4.05. The number of nitro benzene ring substituents is 1. The summed E-state index contributed by atoms with van der Waals surface area (Å²) in [5, 5.41) is 24.4. The predicted molar refractivity (Wildman–Crippen MR) is 109 cm³/mol. The van der Waals surface area contributed by atoms with Gasteiger partial charge in [0.2, 0.25) is 0 Å². The number of carbonyl (C=O) groups is 2. The smallest absolute Gasteiger partial charge is 0.273 e. The Kier molecular flexibility index (Phi) is 5.65. The van der Waals surface area contributed by atoms with Gasteiger partial charge in [-0.2, -0.15) is 0 Å². The van der Waals surface area contributed by atoms with Crippen LogP contribution in [0.5, 0.6) is 5.75 Å². The molecule has 0 aliphatic carbocycles. The molecule has 0 spiro atoms. The molecule has 3 aromatic carbocycles. The summed E-state index contributed by atoms with van der Waals surface area (Å²) in [6.45, 7) is 0. The predicted octanol–water partition coefficient (Wildman–Crippen LogP) is 2.40. The number of hydrogen-bond acceptors (Lipinski definition) is 6. The van der Waals surface area contributed by atoms with Crippen LogP contribution in [0.15, 0.2) is 60.7 Å². The Morgan fingerprint density at radius 3 is 2.17 bits per heavy atom. The van der Waals surface area contributed by atoms with Crippen molar-refractivity contribution in [2.75, 3.05) is 0 Å². The molecular weight excluding hydrogens is 396 g/mol. The van der Waals surface area contributed by atoms with Gasteiger partial charge in [0.25, 0.3) is 17.5 Å². The van der Waals surface area contributed by atoms with Crippen LogP contribution >= 0.6 is 12.2 Å². The number of phenols is 1. The van der Waals surface area contributed by atoms with Gasteiger partial charge in [0.1, 0.15) is 5.75 Å². The zero-order valence-electron chi connectivity index (χ0n) is 14.7. The van der Waals surface area contributed by atoms with Crippen molar-refractivity contribution >= 4 is 45.6 Å². The molecule has 0 bridgehead atoms. The largest absolute Gasteiger partial charge is 0.507 e. The van der Waals surface area contributed by atoms with Gasteiger partial charge < -0.3 is 5.11 Å². The number of non-ortho nitro benzene ring substituents is 1. The number of thiocarbonyl (C=S) groups is 1. The zero-order chi connectivity index (χ0) is 21.0. The van der Waals surface area contributed by atoms with Crippen molar-refractivity contribution in [2.45, 2.75) is 0 Å². The number of nitro groups is 1. The summed E-state index contributed by atoms with van der Waals surface area (Å²) in [5.74, 6) is -1.47. The van der Waals surface area contributed by atoms with E-state index in [4.69, 9.17) is 12.2 Å². The van der Waals surface area contributed by atoms with Gasteiger partial charge in [0.05, 0.1) is 10.5 Å². The average molecular weight is 410 g/mol. The number of fused-ring (bicyclic) bond motifs is 1. The fraction of sp³-hybridized carbons (Fsp3) is 0. The van der Waals surface area contributed by atoms with Gasteiger partial charge >= 0.3 is 0 Å². The highest BCUT2D eigenvalue weighted by atomic mass is 32.1. The van der Waals surface area contributed by atoms with Crippen molar-refractivity contribution in [3.8, 4) is 5.75 Å². The SMILES string of the molecule is O=C(NC(=S)NNC(=O)c1cc2ccccc2cc1O)c1ccc([N+](=O)[O-])cc1. The van der Waals surface area contributed by atoms with E-state index in [2.05, 4.69) is 16.2 Å². The second kappa shape index (κ2) is 8.31. The van der Waals surface area contributed by atoms with Crippen LogP contribution in [0.4, 0.5) is 5.69 Å². The number of rotatable bonds is 3. The molecule has 146 valence electrons. The number of phenolic OH excluding ortho intramolecular Hbond substituents is 1. The Morgan fingerprint density at radius 1 is 0.931 bits per heavy atom. The molecular formula is C19H14N4O5S. The van der Waals surface area contributed by atoms with E-state index in [9.17, 15) is 24.8 Å². The van der Waals surface area contributed by atoms with Gasteiger partial charge in [-0.05, 0) is 47.3 Å². The fourth-order valence-corrected chi connectivity index (χ4v) is 2.68. The Balaban J connectivity index is 1.60. The molecule has 0 heterocycles. The third kappa shape index (κ3) is 4.62. The minimum atomic E-state index is -0.653. The third-order valence-electron chi connectivity index (χ3n) is 3.97. The minimum Gasteiger partial charge on any atom is -0.507 e.